The van der Waals surface area contributed by atoms with Gasteiger partial charge in [-0.25, -0.2) is 4.67 Å². The van der Waals surface area contributed by atoms with Crippen molar-refractivity contribution in [3.05, 3.63) is 118 Å². The van der Waals surface area contributed by atoms with Gasteiger partial charge < -0.3 is 19.7 Å². The molecule has 1 aliphatic rings. The van der Waals surface area contributed by atoms with E-state index in [9.17, 15) is 9.59 Å². The molecule has 5 rings (SSSR count). The maximum Gasteiger partial charge on any atom is 0.259 e. The molecular formula is C42H51N4O4P. The molecule has 1 atom stereocenters. The van der Waals surface area contributed by atoms with E-state index in [0.29, 0.717) is 59.7 Å². The van der Waals surface area contributed by atoms with Crippen LogP contribution in [-0.2, 0) is 21.9 Å². The van der Waals surface area contributed by atoms with E-state index in [1.165, 1.54) is 5.56 Å². The quantitative estimate of drug-likeness (QED) is 0.0772. The predicted octanol–water partition coefficient (Wildman–Crippen LogP) is 10.8. The van der Waals surface area contributed by atoms with Gasteiger partial charge in [0, 0.05) is 34.6 Å². The summed E-state index contributed by atoms with van der Waals surface area (Å²) in [5, 5.41) is 15.8. The summed E-state index contributed by atoms with van der Waals surface area (Å²) in [6, 6.07) is 29.5. The van der Waals surface area contributed by atoms with Crippen LogP contribution in [-0.4, -0.2) is 41.5 Å². The van der Waals surface area contributed by atoms with Crippen molar-refractivity contribution in [2.75, 3.05) is 23.8 Å². The van der Waals surface area contributed by atoms with Gasteiger partial charge in [0.05, 0.1) is 48.2 Å². The van der Waals surface area contributed by atoms with Gasteiger partial charge in [-0.1, -0.05) is 75.7 Å². The molecule has 0 saturated heterocycles. The molecule has 8 nitrogen and oxygen atoms in total. The highest BCUT2D eigenvalue weighted by Crippen LogP contribution is 2.46. The minimum absolute atomic E-state index is 0.181. The maximum atomic E-state index is 14.0. The number of rotatable bonds is 16. The largest absolute Gasteiger partial charge is 0.355 e. The van der Waals surface area contributed by atoms with Crippen LogP contribution in [0.15, 0.2) is 84.9 Å². The summed E-state index contributed by atoms with van der Waals surface area (Å²) in [7, 11) is -1.30. The Morgan fingerprint density at radius 2 is 1.14 bits per heavy atom. The van der Waals surface area contributed by atoms with Crippen LogP contribution in [0.5, 0.6) is 0 Å². The summed E-state index contributed by atoms with van der Waals surface area (Å²) in [4.78, 5) is 27.9. The second-order valence-electron chi connectivity index (χ2n) is 12.6. The molecule has 4 aromatic carbocycles. The van der Waals surface area contributed by atoms with Gasteiger partial charge in [-0.3, -0.25) is 9.59 Å². The van der Waals surface area contributed by atoms with Crippen molar-refractivity contribution in [1.82, 2.24) is 4.67 Å². The summed E-state index contributed by atoms with van der Waals surface area (Å²) in [6.07, 6.45) is 3.08. The molecule has 2 N–H and O–H groups in total. The molecule has 4 aromatic rings. The molecule has 0 amide bonds. The molecule has 0 aromatic heterocycles. The third-order valence-electron chi connectivity index (χ3n) is 8.34. The zero-order valence-electron chi connectivity index (χ0n) is 31.0. The number of carbonyl (C=O) groups excluding carboxylic acids is 2. The molecule has 0 aliphatic heterocycles. The number of aryl methyl sites for hydroxylation is 1. The fourth-order valence-corrected chi connectivity index (χ4v) is 7.69. The molecule has 0 saturated carbocycles. The molecule has 1 aliphatic carbocycles. The molecule has 1 unspecified atom stereocenters. The standard InChI is InChI=1S/C40H45N4O4P.C2H6/c1-6-10-29-13-17-31(18-14-29)42-35-21-22-36(38-37(35)39(45)33-11-7-8-12-34(33)40(38)46)43-32-19-15-30(16-20-32)23-26-48-49(47-25-9-24-41)44(27(2)3)28(4)5;1-2/h7-8,11-22,27-28,42-43H,6,9-10,23,25-26H2,1-5H3;1-2H3. The number of nitriles is 1. The summed E-state index contributed by atoms with van der Waals surface area (Å²) in [5.41, 5.74) is 6.70. The number of fused-ring (bicyclic) bond motifs is 2. The lowest BCUT2D eigenvalue weighted by atomic mass is 9.82. The molecule has 9 heteroatoms. The second-order valence-corrected chi connectivity index (χ2v) is 14.1. The zero-order valence-corrected chi connectivity index (χ0v) is 31.8. The summed E-state index contributed by atoms with van der Waals surface area (Å²) < 4.78 is 14.5. The fraction of sp³-hybridized carbons (Fsp3) is 0.357. The van der Waals surface area contributed by atoms with E-state index in [2.05, 4.69) is 68.1 Å². The first kappa shape index (κ1) is 39.4. The van der Waals surface area contributed by atoms with Crippen molar-refractivity contribution >= 4 is 42.8 Å². The average molecular weight is 707 g/mol. The van der Waals surface area contributed by atoms with Crippen molar-refractivity contribution in [2.45, 2.75) is 86.2 Å². The van der Waals surface area contributed by atoms with Crippen LogP contribution in [0.25, 0.3) is 0 Å². The molecule has 0 radical (unpaired) electrons. The van der Waals surface area contributed by atoms with Gasteiger partial charge in [0.15, 0.2) is 11.6 Å². The Morgan fingerprint density at radius 3 is 1.57 bits per heavy atom. The number of nitrogens with one attached hydrogen (secondary N) is 2. The highest BCUT2D eigenvalue weighted by atomic mass is 31.2. The van der Waals surface area contributed by atoms with Gasteiger partial charge in [-0.2, -0.15) is 5.26 Å². The van der Waals surface area contributed by atoms with Crippen molar-refractivity contribution in [2.24, 2.45) is 0 Å². The van der Waals surface area contributed by atoms with E-state index < -0.39 is 8.53 Å². The van der Waals surface area contributed by atoms with E-state index in [-0.39, 0.29) is 23.7 Å². The SMILES string of the molecule is CC.CCCc1ccc(Nc2ccc(Nc3ccc(CCOP(OCCC#N)N(C(C)C)C(C)C)cc3)c3c2C(=O)c2ccccc2C3=O)cc1. The number of ketones is 2. The van der Waals surface area contributed by atoms with E-state index >= 15 is 0 Å². The minimum Gasteiger partial charge on any atom is -0.355 e. The van der Waals surface area contributed by atoms with Crippen molar-refractivity contribution in [3.8, 4) is 6.07 Å². The highest BCUT2D eigenvalue weighted by molar-refractivity contribution is 7.44. The third kappa shape index (κ3) is 9.90. The molecule has 0 bridgehead atoms. The van der Waals surface area contributed by atoms with Crippen molar-refractivity contribution in [1.29, 1.82) is 5.26 Å². The number of hydrogen-bond donors (Lipinski definition) is 2. The van der Waals surface area contributed by atoms with Gasteiger partial charge in [0.2, 0.25) is 0 Å². The number of benzene rings is 4. The van der Waals surface area contributed by atoms with Crippen molar-refractivity contribution in [3.63, 3.8) is 0 Å². The monoisotopic (exact) mass is 706 g/mol. The Labute approximate surface area is 305 Å². The van der Waals surface area contributed by atoms with E-state index in [1.807, 2.05) is 62.4 Å². The Balaban J connectivity index is 0.00000286. The number of anilines is 4. The first-order chi connectivity index (χ1) is 24.7. The van der Waals surface area contributed by atoms with Gasteiger partial charge in [-0.15, -0.1) is 0 Å². The molecule has 0 spiro atoms. The van der Waals surface area contributed by atoms with E-state index in [4.69, 9.17) is 14.3 Å². The van der Waals surface area contributed by atoms with E-state index in [0.717, 1.165) is 29.8 Å². The molecule has 0 heterocycles. The zero-order chi connectivity index (χ0) is 36.9. The van der Waals surface area contributed by atoms with Gasteiger partial charge in [0.25, 0.3) is 8.53 Å². The van der Waals surface area contributed by atoms with Crippen LogP contribution in [0.3, 0.4) is 0 Å². The van der Waals surface area contributed by atoms with Gasteiger partial charge in [-0.05, 0) is 88.1 Å². The highest BCUT2D eigenvalue weighted by Gasteiger charge is 2.34. The normalized spacial score (nSPS) is 12.6. The molecule has 51 heavy (non-hydrogen) atoms. The Bertz CT molecular complexity index is 1790. The maximum absolute atomic E-state index is 14.0. The Morgan fingerprint density at radius 1 is 0.686 bits per heavy atom. The fourth-order valence-electron chi connectivity index (χ4n) is 6.10. The first-order valence-corrected chi connectivity index (χ1v) is 19.1. The topological polar surface area (TPSA) is 104 Å². The number of nitrogens with zero attached hydrogens (tertiary/aromatic N) is 2. The van der Waals surface area contributed by atoms with Crippen LogP contribution in [0.4, 0.5) is 22.7 Å². The van der Waals surface area contributed by atoms with Crippen LogP contribution >= 0.6 is 8.53 Å². The first-order valence-electron chi connectivity index (χ1n) is 18.0. The lowest BCUT2D eigenvalue weighted by Crippen LogP contribution is -2.33. The van der Waals surface area contributed by atoms with Crippen molar-refractivity contribution < 1.29 is 18.6 Å². The second kappa shape index (κ2) is 19.3. The predicted molar refractivity (Wildman–Crippen MR) is 209 cm³/mol. The third-order valence-corrected chi connectivity index (χ3v) is 10.4. The molecule has 268 valence electrons. The lowest BCUT2D eigenvalue weighted by molar-refractivity contribution is 0.0980. The summed E-state index contributed by atoms with van der Waals surface area (Å²) >= 11 is 0. The van der Waals surface area contributed by atoms with Crippen LogP contribution in [0, 0.1) is 11.3 Å². The van der Waals surface area contributed by atoms with E-state index in [1.54, 1.807) is 24.3 Å². The van der Waals surface area contributed by atoms with Gasteiger partial charge in [0.1, 0.15) is 0 Å². The van der Waals surface area contributed by atoms with Crippen LogP contribution < -0.4 is 10.6 Å². The Kier molecular flexibility index (Phi) is 14.9. The van der Waals surface area contributed by atoms with Crippen LogP contribution in [0.1, 0.15) is 104 Å². The average Bonchev–Trinajstić information content (AvgIpc) is 3.13. The Hall–Kier alpha value is -4.38. The summed E-state index contributed by atoms with van der Waals surface area (Å²) in [5.74, 6) is -0.367. The minimum atomic E-state index is -1.30. The molecule has 0 fully saturated rings. The summed E-state index contributed by atoms with van der Waals surface area (Å²) in [6.45, 7) is 15.4. The van der Waals surface area contributed by atoms with Gasteiger partial charge >= 0.3 is 0 Å². The molecular weight excluding hydrogens is 655 g/mol. The number of hydrogen-bond acceptors (Lipinski definition) is 8. The smallest absolute Gasteiger partial charge is 0.259 e. The lowest BCUT2D eigenvalue weighted by Gasteiger charge is -2.35. The van der Waals surface area contributed by atoms with Crippen LogP contribution in [0.2, 0.25) is 0 Å². The number of carbonyl (C=O) groups is 2.